The largest absolute Gasteiger partial charge is 0.411 e. The topological polar surface area (TPSA) is 70.8 Å². The van der Waals surface area contributed by atoms with Gasteiger partial charge in [0, 0.05) is 11.9 Å². The summed E-state index contributed by atoms with van der Waals surface area (Å²) < 4.78 is 40.3. The van der Waals surface area contributed by atoms with Crippen LogP contribution in [0, 0.1) is 11.3 Å². The number of halogens is 3. The summed E-state index contributed by atoms with van der Waals surface area (Å²) in [4.78, 5) is 0. The van der Waals surface area contributed by atoms with Gasteiger partial charge in [0.2, 0.25) is 0 Å². The van der Waals surface area contributed by atoms with Gasteiger partial charge in [0.15, 0.2) is 5.69 Å². The second kappa shape index (κ2) is 6.37. The summed E-state index contributed by atoms with van der Waals surface area (Å²) in [6, 6.07) is 8.93. The lowest BCUT2D eigenvalue weighted by Gasteiger charge is -2.11. The number of benzene rings is 1. The highest BCUT2D eigenvalue weighted by molar-refractivity contribution is 5.92. The minimum atomic E-state index is -4.34. The van der Waals surface area contributed by atoms with Crippen molar-refractivity contribution in [2.45, 2.75) is 6.18 Å². The van der Waals surface area contributed by atoms with Gasteiger partial charge in [-0.1, -0.05) is 18.2 Å². The Morgan fingerprint density at radius 3 is 2.71 bits per heavy atom. The molecule has 1 N–H and O–H groups in total. The van der Waals surface area contributed by atoms with Gasteiger partial charge in [-0.05, 0) is 6.07 Å². The number of anilines is 1. The number of hydrogen-bond acceptors (Lipinski definition) is 5. The van der Waals surface area contributed by atoms with Gasteiger partial charge in [-0.15, -0.1) is 10.2 Å². The van der Waals surface area contributed by atoms with Crippen LogP contribution in [0.15, 0.2) is 24.3 Å². The normalized spacial score (nSPS) is 11.3. The summed E-state index contributed by atoms with van der Waals surface area (Å²) in [5.41, 5.74) is 1.12. The van der Waals surface area contributed by atoms with Crippen LogP contribution < -0.4 is 5.32 Å². The number of fused-ring (bicyclic) bond motifs is 1. The van der Waals surface area contributed by atoms with Crippen molar-refractivity contribution in [2.75, 3.05) is 25.1 Å². The van der Waals surface area contributed by atoms with Crippen LogP contribution in [0.2, 0.25) is 0 Å². The molecule has 0 saturated carbocycles. The molecule has 0 spiro atoms. The number of aromatic nitrogens is 2. The fourth-order valence-electron chi connectivity index (χ4n) is 1.75. The van der Waals surface area contributed by atoms with E-state index in [9.17, 15) is 13.2 Å². The van der Waals surface area contributed by atoms with Crippen LogP contribution in [-0.2, 0) is 4.74 Å². The zero-order chi connectivity index (χ0) is 15.3. The molecule has 2 aromatic rings. The number of rotatable bonds is 5. The van der Waals surface area contributed by atoms with Gasteiger partial charge < -0.3 is 10.1 Å². The molecule has 0 aliphatic rings. The van der Waals surface area contributed by atoms with E-state index in [1.165, 1.54) is 0 Å². The molecule has 0 fully saturated rings. The molecule has 0 radical (unpaired) electrons. The van der Waals surface area contributed by atoms with Gasteiger partial charge in [-0.25, -0.2) is 0 Å². The standard InChI is InChI=1S/C13H11F3N4O/c14-13(15,16)8-21-6-5-18-12-9-3-1-2-4-10(9)19-20-11(12)7-17/h1-4H,5-6,8H2,(H,18,19). The molecule has 1 heterocycles. The first-order chi connectivity index (χ1) is 10.0. The zero-order valence-electron chi connectivity index (χ0n) is 10.8. The molecule has 8 heteroatoms. The first kappa shape index (κ1) is 15.0. The Labute approximate surface area is 118 Å². The summed E-state index contributed by atoms with van der Waals surface area (Å²) in [7, 11) is 0. The second-order valence-corrected chi connectivity index (χ2v) is 4.15. The van der Waals surface area contributed by atoms with E-state index >= 15 is 0 Å². The molecule has 5 nitrogen and oxygen atoms in total. The Balaban J connectivity index is 2.06. The van der Waals surface area contributed by atoms with Crippen molar-refractivity contribution in [2.24, 2.45) is 0 Å². The second-order valence-electron chi connectivity index (χ2n) is 4.15. The molecular formula is C13H11F3N4O. The van der Waals surface area contributed by atoms with Crippen LogP contribution in [-0.4, -0.2) is 36.1 Å². The predicted molar refractivity (Wildman–Crippen MR) is 69.6 cm³/mol. The Morgan fingerprint density at radius 2 is 2.00 bits per heavy atom. The average molecular weight is 296 g/mol. The molecule has 0 bridgehead atoms. The summed E-state index contributed by atoms with van der Waals surface area (Å²) >= 11 is 0. The summed E-state index contributed by atoms with van der Waals surface area (Å²) in [6.07, 6.45) is -4.34. The minimum Gasteiger partial charge on any atom is -0.380 e. The first-order valence-corrected chi connectivity index (χ1v) is 6.05. The number of nitriles is 1. The SMILES string of the molecule is N#Cc1nnc2ccccc2c1NCCOCC(F)(F)F. The van der Waals surface area contributed by atoms with E-state index in [0.717, 1.165) is 0 Å². The average Bonchev–Trinajstić information content (AvgIpc) is 2.45. The lowest BCUT2D eigenvalue weighted by molar-refractivity contribution is -0.172. The van der Waals surface area contributed by atoms with Crippen LogP contribution in [0.3, 0.4) is 0 Å². The highest BCUT2D eigenvalue weighted by atomic mass is 19.4. The van der Waals surface area contributed by atoms with E-state index in [-0.39, 0.29) is 18.8 Å². The van der Waals surface area contributed by atoms with Gasteiger partial charge >= 0.3 is 6.18 Å². The Morgan fingerprint density at radius 1 is 1.24 bits per heavy atom. The van der Waals surface area contributed by atoms with Crippen molar-refractivity contribution in [3.63, 3.8) is 0 Å². The van der Waals surface area contributed by atoms with Gasteiger partial charge in [-0.3, -0.25) is 0 Å². The maximum absolute atomic E-state index is 11.9. The fourth-order valence-corrected chi connectivity index (χ4v) is 1.75. The summed E-state index contributed by atoms with van der Waals surface area (Å²) in [5, 5.41) is 20.2. The molecule has 0 aliphatic heterocycles. The molecule has 1 aromatic heterocycles. The summed E-state index contributed by atoms with van der Waals surface area (Å²) in [6.45, 7) is -1.31. The third-order valence-corrected chi connectivity index (χ3v) is 2.59. The maximum atomic E-state index is 11.9. The third-order valence-electron chi connectivity index (χ3n) is 2.59. The van der Waals surface area contributed by atoms with E-state index in [0.29, 0.717) is 16.6 Å². The van der Waals surface area contributed by atoms with E-state index in [4.69, 9.17) is 5.26 Å². The maximum Gasteiger partial charge on any atom is 0.411 e. The van der Waals surface area contributed by atoms with Gasteiger partial charge in [0.05, 0.1) is 17.8 Å². The molecule has 0 amide bonds. The highest BCUT2D eigenvalue weighted by Gasteiger charge is 2.27. The van der Waals surface area contributed by atoms with E-state index in [1.807, 2.05) is 6.07 Å². The Hall–Kier alpha value is -2.40. The Kier molecular flexibility index (Phi) is 4.55. The van der Waals surface area contributed by atoms with Gasteiger partial charge in [0.25, 0.3) is 0 Å². The minimum absolute atomic E-state index is 0.0875. The molecule has 0 aliphatic carbocycles. The number of nitrogens with zero attached hydrogens (tertiary/aromatic N) is 3. The van der Waals surface area contributed by atoms with Crippen LogP contribution in [0.1, 0.15) is 5.69 Å². The molecule has 1 aromatic carbocycles. The number of alkyl halides is 3. The van der Waals surface area contributed by atoms with Gasteiger partial charge in [-0.2, -0.15) is 18.4 Å². The number of ether oxygens (including phenoxy) is 1. The van der Waals surface area contributed by atoms with Crippen LogP contribution in [0.25, 0.3) is 10.9 Å². The fraction of sp³-hybridized carbons (Fsp3) is 0.308. The van der Waals surface area contributed by atoms with Gasteiger partial charge in [0.1, 0.15) is 12.7 Å². The van der Waals surface area contributed by atoms with Crippen LogP contribution in [0.4, 0.5) is 18.9 Å². The lowest BCUT2D eigenvalue weighted by atomic mass is 10.1. The third kappa shape index (κ3) is 4.03. The summed E-state index contributed by atoms with van der Waals surface area (Å²) in [5.74, 6) is 0. The van der Waals surface area contributed by atoms with E-state index in [2.05, 4.69) is 20.3 Å². The molecular weight excluding hydrogens is 285 g/mol. The molecule has 0 atom stereocenters. The highest BCUT2D eigenvalue weighted by Crippen LogP contribution is 2.23. The molecule has 0 unspecified atom stereocenters. The van der Waals surface area contributed by atoms with Crippen molar-refractivity contribution in [3.05, 3.63) is 30.0 Å². The molecule has 110 valence electrons. The van der Waals surface area contributed by atoms with Crippen molar-refractivity contribution in [3.8, 4) is 6.07 Å². The molecule has 2 rings (SSSR count). The number of nitrogens with one attached hydrogen (secondary N) is 1. The zero-order valence-corrected chi connectivity index (χ0v) is 10.8. The smallest absolute Gasteiger partial charge is 0.380 e. The van der Waals surface area contributed by atoms with Crippen molar-refractivity contribution >= 4 is 16.6 Å². The van der Waals surface area contributed by atoms with Crippen LogP contribution in [0.5, 0.6) is 0 Å². The predicted octanol–water partition coefficient (Wildman–Crippen LogP) is 2.49. The van der Waals surface area contributed by atoms with Crippen LogP contribution >= 0.6 is 0 Å². The van der Waals surface area contributed by atoms with Crippen molar-refractivity contribution in [1.82, 2.24) is 10.2 Å². The Bertz CT molecular complexity index is 666. The lowest BCUT2D eigenvalue weighted by Crippen LogP contribution is -2.20. The first-order valence-electron chi connectivity index (χ1n) is 6.05. The van der Waals surface area contributed by atoms with E-state index in [1.54, 1.807) is 24.3 Å². The number of hydrogen-bond donors (Lipinski definition) is 1. The van der Waals surface area contributed by atoms with Crippen molar-refractivity contribution < 1.29 is 17.9 Å². The quantitative estimate of drug-likeness (QED) is 0.858. The molecule has 21 heavy (non-hydrogen) atoms. The van der Waals surface area contributed by atoms with E-state index < -0.39 is 12.8 Å². The monoisotopic (exact) mass is 296 g/mol. The van der Waals surface area contributed by atoms with Crippen molar-refractivity contribution in [1.29, 1.82) is 5.26 Å². The molecule has 0 saturated heterocycles.